The Morgan fingerprint density at radius 2 is 1.90 bits per heavy atom. The highest BCUT2D eigenvalue weighted by molar-refractivity contribution is 5.40. The zero-order valence-electron chi connectivity index (χ0n) is 19.2. The first-order valence-electron chi connectivity index (χ1n) is 12.3. The van der Waals surface area contributed by atoms with Gasteiger partial charge in [-0.15, -0.1) is 0 Å². The second-order valence-corrected chi connectivity index (χ2v) is 11.4. The molecule has 0 aromatic rings. The number of fused-ring (bicyclic) bond motifs is 1. The first-order chi connectivity index (χ1) is 15.0. The molecule has 1 N–H and O–H groups in total. The highest BCUT2D eigenvalue weighted by Gasteiger charge is 2.90. The van der Waals surface area contributed by atoms with E-state index >= 15 is 0 Å². The molecule has 2 aliphatic heterocycles. The molecule has 174 valence electrons. The van der Waals surface area contributed by atoms with Gasteiger partial charge in [0.2, 0.25) is 0 Å². The molecule has 5 aliphatic carbocycles. The van der Waals surface area contributed by atoms with Gasteiger partial charge in [-0.2, -0.15) is 0 Å². The summed E-state index contributed by atoms with van der Waals surface area (Å²) < 4.78 is 32.2. The van der Waals surface area contributed by atoms with Crippen molar-refractivity contribution in [1.29, 1.82) is 0 Å². The standard InChI is InChI=1S/C24H37NO6/c1-5-25-11-21(26)7-6-18(28-3)23-16(21)9-14(19(23)25)22-10-15(27-2)13-8-17(23)24(22,20(13)29-4)31-12-30-22/h13-20,26H,5-12H2,1-4H3/t13-,14+,15+,16-,17+,18+,19?,20+,21-,22+,23+,24+/m1/s1. The number of nitrogens with zero attached hydrogens (tertiary/aromatic N) is 1. The van der Waals surface area contributed by atoms with E-state index in [1.807, 2.05) is 21.3 Å². The van der Waals surface area contributed by atoms with Crippen molar-refractivity contribution in [2.24, 2.45) is 29.1 Å². The summed E-state index contributed by atoms with van der Waals surface area (Å²) in [5, 5.41) is 12.1. The van der Waals surface area contributed by atoms with Crippen molar-refractivity contribution in [2.75, 3.05) is 41.2 Å². The monoisotopic (exact) mass is 435 g/mol. The topological polar surface area (TPSA) is 69.6 Å². The van der Waals surface area contributed by atoms with Gasteiger partial charge in [-0.05, 0) is 38.1 Å². The SMILES string of the molecule is CCN1C[C@]2(O)CC[C@H](OC)[C@]34C1[C@H](C[C@H]23)[C@@]12C[C@H](OC)[C@H]3C[C@@H]4[C@]1(OCO2)[C@H]3OC. The molecule has 7 heteroatoms. The number of methoxy groups -OCH3 is 3. The van der Waals surface area contributed by atoms with E-state index in [1.54, 1.807) is 0 Å². The van der Waals surface area contributed by atoms with Crippen LogP contribution in [-0.2, 0) is 23.7 Å². The zero-order chi connectivity index (χ0) is 21.4. The van der Waals surface area contributed by atoms with E-state index in [9.17, 15) is 5.11 Å². The summed E-state index contributed by atoms with van der Waals surface area (Å²) in [6.45, 7) is 4.28. The second kappa shape index (κ2) is 6.04. The smallest absolute Gasteiger partial charge is 0.148 e. The first kappa shape index (κ1) is 20.1. The van der Waals surface area contributed by atoms with Crippen LogP contribution in [0.15, 0.2) is 0 Å². The molecule has 7 nitrogen and oxygen atoms in total. The van der Waals surface area contributed by atoms with Gasteiger partial charge in [0, 0.05) is 63.5 Å². The maximum absolute atomic E-state index is 12.1. The van der Waals surface area contributed by atoms with Crippen LogP contribution >= 0.6 is 0 Å². The quantitative estimate of drug-likeness (QED) is 0.716. The maximum atomic E-state index is 12.1. The number of hydrogen-bond donors (Lipinski definition) is 1. The minimum absolute atomic E-state index is 0.0418. The Balaban J connectivity index is 1.53. The molecule has 7 fully saturated rings. The highest BCUT2D eigenvalue weighted by Crippen LogP contribution is 2.81. The van der Waals surface area contributed by atoms with Crippen molar-refractivity contribution in [2.45, 2.75) is 80.2 Å². The number of piperidine rings is 1. The molecule has 7 bridgehead atoms. The molecular weight excluding hydrogens is 398 g/mol. The summed E-state index contributed by atoms with van der Waals surface area (Å²) in [5.41, 5.74) is -1.68. The van der Waals surface area contributed by atoms with Gasteiger partial charge < -0.3 is 28.8 Å². The minimum atomic E-state index is -0.655. The summed E-state index contributed by atoms with van der Waals surface area (Å²) in [7, 11) is 5.54. The van der Waals surface area contributed by atoms with Gasteiger partial charge in [-0.25, -0.2) is 0 Å². The molecular formula is C24H37NO6. The summed E-state index contributed by atoms with van der Waals surface area (Å²) >= 11 is 0. The number of likely N-dealkylation sites (N-methyl/N-ethyl adjacent to an activating group) is 1. The van der Waals surface area contributed by atoms with E-state index in [-0.39, 0.29) is 47.4 Å². The number of likely N-dealkylation sites (tertiary alicyclic amines) is 1. The Morgan fingerprint density at radius 1 is 1.06 bits per heavy atom. The van der Waals surface area contributed by atoms with Gasteiger partial charge in [0.05, 0.1) is 23.9 Å². The van der Waals surface area contributed by atoms with Crippen molar-refractivity contribution < 1.29 is 28.8 Å². The minimum Gasteiger partial charge on any atom is -0.388 e. The number of aliphatic hydroxyl groups is 1. The predicted molar refractivity (Wildman–Crippen MR) is 110 cm³/mol. The summed E-state index contributed by atoms with van der Waals surface area (Å²) in [6.07, 6.45) is 4.77. The van der Waals surface area contributed by atoms with E-state index in [2.05, 4.69) is 11.8 Å². The number of rotatable bonds is 4. The van der Waals surface area contributed by atoms with Crippen molar-refractivity contribution in [3.63, 3.8) is 0 Å². The molecule has 12 atom stereocenters. The van der Waals surface area contributed by atoms with Crippen LogP contribution in [0.1, 0.15) is 39.0 Å². The Morgan fingerprint density at radius 3 is 2.61 bits per heavy atom. The number of β-amino-alcohol motifs (C(OH)–C–C–N with tert-alkyl or cyclic N) is 1. The van der Waals surface area contributed by atoms with Crippen LogP contribution in [0, 0.1) is 29.1 Å². The van der Waals surface area contributed by atoms with Crippen LogP contribution in [0.2, 0.25) is 0 Å². The second-order valence-electron chi connectivity index (χ2n) is 11.4. The fourth-order valence-electron chi connectivity index (χ4n) is 11.0. The largest absolute Gasteiger partial charge is 0.388 e. The molecule has 31 heavy (non-hydrogen) atoms. The van der Waals surface area contributed by atoms with Crippen molar-refractivity contribution in [1.82, 2.24) is 4.90 Å². The average Bonchev–Trinajstić information content (AvgIpc) is 3.38. The predicted octanol–water partition coefficient (Wildman–Crippen LogP) is 1.42. The number of ether oxygens (including phenoxy) is 5. The molecule has 0 amide bonds. The van der Waals surface area contributed by atoms with Gasteiger partial charge in [0.25, 0.3) is 0 Å². The third kappa shape index (κ3) is 1.80. The molecule has 2 saturated heterocycles. The molecule has 5 saturated carbocycles. The van der Waals surface area contributed by atoms with Crippen LogP contribution in [0.3, 0.4) is 0 Å². The van der Waals surface area contributed by atoms with Crippen LogP contribution in [0.25, 0.3) is 0 Å². The van der Waals surface area contributed by atoms with E-state index in [1.165, 1.54) is 0 Å². The van der Waals surface area contributed by atoms with Gasteiger partial charge in [-0.1, -0.05) is 6.92 Å². The van der Waals surface area contributed by atoms with Gasteiger partial charge >= 0.3 is 0 Å². The van der Waals surface area contributed by atoms with Gasteiger partial charge in [0.15, 0.2) is 0 Å². The van der Waals surface area contributed by atoms with Crippen LogP contribution < -0.4 is 0 Å². The molecule has 0 aromatic heterocycles. The van der Waals surface area contributed by atoms with Crippen molar-refractivity contribution in [3.8, 4) is 0 Å². The molecule has 0 aromatic carbocycles. The van der Waals surface area contributed by atoms with Gasteiger partial charge in [-0.3, -0.25) is 4.90 Å². The molecule has 1 unspecified atom stereocenters. The lowest BCUT2D eigenvalue weighted by Gasteiger charge is -2.70. The Hall–Kier alpha value is -0.280. The summed E-state index contributed by atoms with van der Waals surface area (Å²) in [4.78, 5) is 2.58. The van der Waals surface area contributed by atoms with E-state index < -0.39 is 16.8 Å². The van der Waals surface area contributed by atoms with Crippen molar-refractivity contribution in [3.05, 3.63) is 0 Å². The molecule has 7 rings (SSSR count). The fraction of sp³-hybridized carbons (Fsp3) is 1.00. The lowest BCUT2D eigenvalue weighted by molar-refractivity contribution is -0.306. The van der Waals surface area contributed by atoms with E-state index in [0.717, 1.165) is 45.2 Å². The fourth-order valence-corrected chi connectivity index (χ4v) is 11.0. The third-order valence-electron chi connectivity index (χ3n) is 11.4. The molecule has 7 aliphatic rings. The Labute approximate surface area is 184 Å². The average molecular weight is 436 g/mol. The summed E-state index contributed by atoms with van der Waals surface area (Å²) in [5.74, 6) is 1.03. The highest BCUT2D eigenvalue weighted by atomic mass is 16.7. The van der Waals surface area contributed by atoms with Crippen LogP contribution in [0.4, 0.5) is 0 Å². The Kier molecular flexibility index (Phi) is 3.92. The van der Waals surface area contributed by atoms with Crippen LogP contribution in [0.5, 0.6) is 0 Å². The summed E-state index contributed by atoms with van der Waals surface area (Å²) in [6, 6.07) is 0.347. The third-order valence-corrected chi connectivity index (χ3v) is 11.4. The molecule has 2 heterocycles. The first-order valence-corrected chi connectivity index (χ1v) is 12.3. The number of hydrogen-bond acceptors (Lipinski definition) is 7. The van der Waals surface area contributed by atoms with E-state index in [0.29, 0.717) is 12.8 Å². The maximum Gasteiger partial charge on any atom is 0.148 e. The molecule has 0 radical (unpaired) electrons. The van der Waals surface area contributed by atoms with Gasteiger partial charge in [0.1, 0.15) is 18.0 Å². The normalized spacial score (nSPS) is 63.4. The lowest BCUT2D eigenvalue weighted by atomic mass is 9.44. The molecule has 2 spiro atoms. The lowest BCUT2D eigenvalue weighted by Crippen LogP contribution is -2.82. The van der Waals surface area contributed by atoms with Crippen LogP contribution in [-0.4, -0.2) is 92.4 Å². The zero-order valence-corrected chi connectivity index (χ0v) is 19.2. The van der Waals surface area contributed by atoms with E-state index in [4.69, 9.17) is 23.7 Å². The Bertz CT molecular complexity index is 796. The van der Waals surface area contributed by atoms with Crippen molar-refractivity contribution >= 4 is 0 Å².